The fraction of sp³-hybridized carbons (Fsp3) is 0.611. The maximum Gasteiger partial charge on any atom is 0.211 e. The number of nitrogens with one attached hydrogen (secondary N) is 1. The first-order valence-electron chi connectivity index (χ1n) is 8.83. The number of piperidine rings is 1. The number of hydrogen-bond acceptors (Lipinski definition) is 4. The average molecular weight is 383 g/mol. The van der Waals surface area contributed by atoms with Gasteiger partial charge < -0.3 is 15.0 Å². The number of aliphatic imine (C=N–C) groups is 1. The lowest BCUT2D eigenvalue weighted by atomic mass is 9.98. The molecular formula is C18H30N4O3S. The summed E-state index contributed by atoms with van der Waals surface area (Å²) < 4.78 is 30.0. The molecule has 1 saturated heterocycles. The van der Waals surface area contributed by atoms with E-state index in [1.807, 2.05) is 25.2 Å². The summed E-state index contributed by atoms with van der Waals surface area (Å²) in [6, 6.07) is 7.99. The van der Waals surface area contributed by atoms with Crippen molar-refractivity contribution in [1.82, 2.24) is 14.5 Å². The van der Waals surface area contributed by atoms with Gasteiger partial charge in [-0.2, -0.15) is 0 Å². The van der Waals surface area contributed by atoms with Crippen LogP contribution >= 0.6 is 0 Å². The Labute approximate surface area is 157 Å². The fourth-order valence-electron chi connectivity index (χ4n) is 3.18. The van der Waals surface area contributed by atoms with E-state index in [9.17, 15) is 8.42 Å². The first kappa shape index (κ1) is 20.5. The summed E-state index contributed by atoms with van der Waals surface area (Å²) in [5.74, 6) is 2.13. The summed E-state index contributed by atoms with van der Waals surface area (Å²) in [5, 5.41) is 3.42. The molecule has 0 bridgehead atoms. The number of benzene rings is 1. The average Bonchev–Trinajstić information content (AvgIpc) is 2.62. The predicted octanol–water partition coefficient (Wildman–Crippen LogP) is 1.37. The van der Waals surface area contributed by atoms with Crippen molar-refractivity contribution in [1.29, 1.82) is 0 Å². The van der Waals surface area contributed by atoms with Gasteiger partial charge in [-0.05, 0) is 36.5 Å². The van der Waals surface area contributed by atoms with E-state index in [0.29, 0.717) is 19.0 Å². The lowest BCUT2D eigenvalue weighted by Crippen LogP contribution is -2.44. The highest BCUT2D eigenvalue weighted by molar-refractivity contribution is 7.88. The molecule has 2 rings (SSSR count). The van der Waals surface area contributed by atoms with Crippen LogP contribution in [0.3, 0.4) is 0 Å². The molecule has 1 fully saturated rings. The minimum absolute atomic E-state index is 0.454. The molecule has 8 heteroatoms. The maximum atomic E-state index is 11.6. The number of ether oxygens (including phenoxy) is 1. The molecule has 1 aliphatic heterocycles. The highest BCUT2D eigenvalue weighted by atomic mass is 32.2. The molecule has 7 nitrogen and oxygen atoms in total. The summed E-state index contributed by atoms with van der Waals surface area (Å²) in [6.45, 7) is 2.73. The third kappa shape index (κ3) is 5.88. The van der Waals surface area contributed by atoms with Crippen molar-refractivity contribution in [3.8, 4) is 5.75 Å². The van der Waals surface area contributed by atoms with Gasteiger partial charge in [0.05, 0.1) is 13.4 Å². The zero-order chi connectivity index (χ0) is 19.2. The molecule has 1 heterocycles. The number of hydrogen-bond donors (Lipinski definition) is 1. The topological polar surface area (TPSA) is 74.2 Å². The van der Waals surface area contributed by atoms with Crippen molar-refractivity contribution < 1.29 is 13.2 Å². The van der Waals surface area contributed by atoms with Crippen LogP contribution in [0.2, 0.25) is 0 Å². The lowest BCUT2D eigenvalue weighted by molar-refractivity contribution is 0.273. The summed E-state index contributed by atoms with van der Waals surface area (Å²) in [7, 11) is 2.37. The van der Waals surface area contributed by atoms with Crippen LogP contribution in [-0.2, 0) is 16.6 Å². The molecule has 146 valence electrons. The second-order valence-electron chi connectivity index (χ2n) is 6.74. The van der Waals surface area contributed by atoms with Gasteiger partial charge >= 0.3 is 0 Å². The Bertz CT molecular complexity index is 713. The molecule has 0 aliphatic carbocycles. The molecule has 0 amide bonds. The molecular weight excluding hydrogens is 352 g/mol. The second kappa shape index (κ2) is 9.23. The zero-order valence-corrected chi connectivity index (χ0v) is 16.9. The molecule has 0 radical (unpaired) electrons. The minimum atomic E-state index is -3.07. The second-order valence-corrected chi connectivity index (χ2v) is 8.72. The highest BCUT2D eigenvalue weighted by Crippen LogP contribution is 2.18. The van der Waals surface area contributed by atoms with Crippen LogP contribution in [-0.4, -0.2) is 70.7 Å². The maximum absolute atomic E-state index is 11.6. The summed E-state index contributed by atoms with van der Waals surface area (Å²) >= 11 is 0. The van der Waals surface area contributed by atoms with Gasteiger partial charge in [-0.15, -0.1) is 0 Å². The Kier molecular flexibility index (Phi) is 7.28. The monoisotopic (exact) mass is 382 g/mol. The van der Waals surface area contributed by atoms with Crippen LogP contribution in [0, 0.1) is 5.92 Å². The number of guanidine groups is 1. The number of nitrogens with zero attached hydrogens (tertiary/aromatic N) is 3. The molecule has 1 N–H and O–H groups in total. The molecule has 0 saturated carbocycles. The molecule has 1 aliphatic rings. The Balaban J connectivity index is 1.84. The number of sulfonamides is 1. The van der Waals surface area contributed by atoms with E-state index in [4.69, 9.17) is 4.74 Å². The first-order valence-corrected chi connectivity index (χ1v) is 10.7. The van der Waals surface area contributed by atoms with Gasteiger partial charge in [0.2, 0.25) is 10.0 Å². The van der Waals surface area contributed by atoms with Gasteiger partial charge in [0.25, 0.3) is 0 Å². The quantitative estimate of drug-likeness (QED) is 0.594. The predicted molar refractivity (Wildman–Crippen MR) is 105 cm³/mol. The Morgan fingerprint density at radius 1 is 1.38 bits per heavy atom. The smallest absolute Gasteiger partial charge is 0.211 e. The molecule has 0 atom stereocenters. The zero-order valence-electron chi connectivity index (χ0n) is 16.1. The van der Waals surface area contributed by atoms with Crippen molar-refractivity contribution in [2.24, 2.45) is 10.9 Å². The third-order valence-corrected chi connectivity index (χ3v) is 6.02. The molecule has 1 aromatic rings. The third-order valence-electron chi connectivity index (χ3n) is 4.72. The van der Waals surface area contributed by atoms with Crippen LogP contribution in [0.1, 0.15) is 18.4 Å². The first-order chi connectivity index (χ1) is 12.3. The van der Waals surface area contributed by atoms with E-state index in [1.165, 1.54) is 6.26 Å². The van der Waals surface area contributed by atoms with E-state index in [0.717, 1.165) is 43.2 Å². The van der Waals surface area contributed by atoms with Crippen molar-refractivity contribution in [2.75, 3.05) is 47.1 Å². The summed E-state index contributed by atoms with van der Waals surface area (Å²) in [6.07, 6.45) is 3.02. The van der Waals surface area contributed by atoms with E-state index in [-0.39, 0.29) is 0 Å². The van der Waals surface area contributed by atoms with E-state index in [1.54, 1.807) is 18.5 Å². The summed E-state index contributed by atoms with van der Waals surface area (Å²) in [5.41, 5.74) is 1.15. The van der Waals surface area contributed by atoms with E-state index >= 15 is 0 Å². The van der Waals surface area contributed by atoms with Gasteiger partial charge in [0.15, 0.2) is 5.96 Å². The number of rotatable bonds is 6. The standard InChI is InChI=1S/C18H30N4O3S/c1-19-18(21(2)14-16-6-5-7-17(12-16)25-3)20-13-15-8-10-22(11-9-15)26(4,23)24/h5-7,12,15H,8-11,13-14H2,1-4H3,(H,19,20). The minimum Gasteiger partial charge on any atom is -0.497 e. The van der Waals surface area contributed by atoms with Crippen molar-refractivity contribution >= 4 is 16.0 Å². The van der Waals surface area contributed by atoms with Crippen molar-refractivity contribution in [3.05, 3.63) is 29.8 Å². The van der Waals surface area contributed by atoms with E-state index in [2.05, 4.69) is 21.3 Å². The van der Waals surface area contributed by atoms with Gasteiger partial charge in [-0.3, -0.25) is 4.99 Å². The van der Waals surface area contributed by atoms with Crippen LogP contribution < -0.4 is 10.1 Å². The largest absolute Gasteiger partial charge is 0.497 e. The highest BCUT2D eigenvalue weighted by Gasteiger charge is 2.25. The van der Waals surface area contributed by atoms with Crippen molar-refractivity contribution in [2.45, 2.75) is 19.4 Å². The Hall–Kier alpha value is -1.80. The number of methoxy groups -OCH3 is 1. The van der Waals surface area contributed by atoms with Crippen LogP contribution in [0.5, 0.6) is 5.75 Å². The molecule has 0 aromatic heterocycles. The van der Waals surface area contributed by atoms with Crippen LogP contribution in [0.4, 0.5) is 0 Å². The molecule has 0 spiro atoms. The fourth-order valence-corrected chi connectivity index (χ4v) is 4.06. The van der Waals surface area contributed by atoms with Crippen molar-refractivity contribution in [3.63, 3.8) is 0 Å². The molecule has 26 heavy (non-hydrogen) atoms. The normalized spacial score (nSPS) is 17.2. The van der Waals surface area contributed by atoms with Gasteiger partial charge in [0, 0.05) is 40.3 Å². The lowest BCUT2D eigenvalue weighted by Gasteiger charge is -2.31. The van der Waals surface area contributed by atoms with Gasteiger partial charge in [-0.1, -0.05) is 12.1 Å². The Morgan fingerprint density at radius 3 is 2.65 bits per heavy atom. The van der Waals surface area contributed by atoms with Gasteiger partial charge in [-0.25, -0.2) is 12.7 Å². The molecule has 1 aromatic carbocycles. The summed E-state index contributed by atoms with van der Waals surface area (Å²) in [4.78, 5) is 6.43. The van der Waals surface area contributed by atoms with Crippen LogP contribution in [0.25, 0.3) is 0 Å². The SMILES string of the molecule is CN=C(NCC1CCN(S(C)(=O)=O)CC1)N(C)Cc1cccc(OC)c1. The van der Waals surface area contributed by atoms with Crippen LogP contribution in [0.15, 0.2) is 29.3 Å². The van der Waals surface area contributed by atoms with Gasteiger partial charge in [0.1, 0.15) is 5.75 Å². The molecule has 0 unspecified atom stereocenters. The van der Waals surface area contributed by atoms with E-state index < -0.39 is 10.0 Å². The Morgan fingerprint density at radius 2 is 2.08 bits per heavy atom.